The monoisotopic (exact) mass is 575 g/mol. The summed E-state index contributed by atoms with van der Waals surface area (Å²) in [4.78, 5) is 68.3. The number of rotatable bonds is 7. The molecule has 2 aliphatic rings. The fourth-order valence-electron chi connectivity index (χ4n) is 5.61. The number of esters is 1. The molecule has 1 aliphatic carbocycles. The van der Waals surface area contributed by atoms with Crippen LogP contribution in [0, 0.1) is 28.9 Å². The largest absolute Gasteiger partial charge is 0.454 e. The number of non-ortho nitro benzene ring substituents is 1. The van der Waals surface area contributed by atoms with Crippen LogP contribution in [0.25, 0.3) is 22.2 Å². The van der Waals surface area contributed by atoms with E-state index in [9.17, 15) is 29.3 Å². The summed E-state index contributed by atoms with van der Waals surface area (Å²) in [6.45, 7) is 1.32. The lowest BCUT2D eigenvalue weighted by atomic mass is 9.85. The van der Waals surface area contributed by atoms with E-state index in [-0.39, 0.29) is 40.5 Å². The van der Waals surface area contributed by atoms with Crippen LogP contribution in [0.5, 0.6) is 0 Å². The third kappa shape index (κ3) is 5.07. The summed E-state index contributed by atoms with van der Waals surface area (Å²) in [5.41, 5.74) is 3.26. The van der Waals surface area contributed by atoms with Gasteiger partial charge in [-0.15, -0.1) is 0 Å². The SMILES string of the molecule is Cc1cccc2c(C(=O)OCC(=O)c3ccc([N+](=O)[O-])cc3)cc(-c3ccc(N4C(=O)C5CC=CCC5C4=O)cc3)nc12. The summed E-state index contributed by atoms with van der Waals surface area (Å²) in [5.74, 6) is -2.28. The molecule has 2 amide bonds. The molecule has 1 fully saturated rings. The number of ether oxygens (including phenoxy) is 1. The average Bonchev–Trinajstić information content (AvgIpc) is 3.28. The Morgan fingerprint density at radius 2 is 1.60 bits per heavy atom. The molecule has 3 aromatic carbocycles. The van der Waals surface area contributed by atoms with E-state index in [1.807, 2.05) is 25.1 Å². The van der Waals surface area contributed by atoms with Gasteiger partial charge in [0.2, 0.25) is 11.8 Å². The van der Waals surface area contributed by atoms with Crippen molar-refractivity contribution in [2.45, 2.75) is 19.8 Å². The van der Waals surface area contributed by atoms with Gasteiger partial charge >= 0.3 is 5.97 Å². The predicted molar refractivity (Wildman–Crippen MR) is 157 cm³/mol. The molecule has 43 heavy (non-hydrogen) atoms. The van der Waals surface area contributed by atoms with Crippen molar-refractivity contribution in [3.05, 3.63) is 112 Å². The van der Waals surface area contributed by atoms with Crippen LogP contribution in [-0.4, -0.2) is 40.1 Å². The Kier molecular flexibility index (Phi) is 7.11. The first-order valence-electron chi connectivity index (χ1n) is 13.7. The highest BCUT2D eigenvalue weighted by molar-refractivity contribution is 6.22. The van der Waals surface area contributed by atoms with E-state index in [2.05, 4.69) is 0 Å². The number of nitro benzene ring substituents is 1. The second-order valence-corrected chi connectivity index (χ2v) is 10.5. The highest BCUT2D eigenvalue weighted by Crippen LogP contribution is 2.38. The molecule has 10 heteroatoms. The van der Waals surface area contributed by atoms with Crippen LogP contribution in [-0.2, 0) is 14.3 Å². The lowest BCUT2D eigenvalue weighted by Gasteiger charge is -2.16. The first-order chi connectivity index (χ1) is 20.7. The van der Waals surface area contributed by atoms with Crippen LogP contribution in [0.2, 0.25) is 0 Å². The summed E-state index contributed by atoms with van der Waals surface area (Å²) in [6, 6.07) is 18.9. The Bertz CT molecular complexity index is 1820. The van der Waals surface area contributed by atoms with Gasteiger partial charge in [0.05, 0.1) is 39.2 Å². The van der Waals surface area contributed by atoms with Gasteiger partial charge in [-0.25, -0.2) is 9.78 Å². The topological polar surface area (TPSA) is 137 Å². The summed E-state index contributed by atoms with van der Waals surface area (Å²) < 4.78 is 5.38. The van der Waals surface area contributed by atoms with Crippen LogP contribution < -0.4 is 4.90 Å². The molecule has 0 saturated carbocycles. The molecule has 1 aliphatic heterocycles. The van der Waals surface area contributed by atoms with Crippen LogP contribution in [0.1, 0.15) is 39.1 Å². The lowest BCUT2D eigenvalue weighted by molar-refractivity contribution is -0.384. The summed E-state index contributed by atoms with van der Waals surface area (Å²) in [6.07, 6.45) is 5.01. The number of aromatic nitrogens is 1. The number of hydrogen-bond donors (Lipinski definition) is 0. The molecule has 4 aromatic rings. The molecule has 0 spiro atoms. The minimum absolute atomic E-state index is 0.151. The zero-order valence-electron chi connectivity index (χ0n) is 23.1. The molecule has 10 nitrogen and oxygen atoms in total. The van der Waals surface area contributed by atoms with Gasteiger partial charge in [-0.05, 0) is 55.7 Å². The van der Waals surface area contributed by atoms with Crippen molar-refractivity contribution >= 4 is 45.8 Å². The number of ketones is 1. The number of nitro groups is 1. The number of nitrogens with zero attached hydrogens (tertiary/aromatic N) is 3. The molecule has 2 atom stereocenters. The number of allylic oxidation sites excluding steroid dienone is 2. The smallest absolute Gasteiger partial charge is 0.339 e. The number of Topliss-reactive ketones (excluding diaryl/α,β-unsaturated/α-hetero) is 1. The number of hydrogen-bond acceptors (Lipinski definition) is 8. The van der Waals surface area contributed by atoms with Crippen molar-refractivity contribution < 1.29 is 28.8 Å². The first kappa shape index (κ1) is 27.6. The molecule has 2 unspecified atom stereocenters. The number of anilines is 1. The van der Waals surface area contributed by atoms with E-state index in [1.165, 1.54) is 29.2 Å². The van der Waals surface area contributed by atoms with E-state index in [0.717, 1.165) is 5.56 Å². The third-order valence-electron chi connectivity index (χ3n) is 7.92. The molecule has 0 N–H and O–H groups in total. The normalized spacial score (nSPS) is 17.7. The zero-order valence-corrected chi connectivity index (χ0v) is 23.1. The van der Waals surface area contributed by atoms with Gasteiger partial charge in [0.25, 0.3) is 5.69 Å². The van der Waals surface area contributed by atoms with Crippen molar-refractivity contribution in [2.75, 3.05) is 11.5 Å². The van der Waals surface area contributed by atoms with Crippen LogP contribution in [0.4, 0.5) is 11.4 Å². The Hall–Kier alpha value is -5.51. The third-order valence-corrected chi connectivity index (χ3v) is 7.92. The number of para-hydroxylation sites is 1. The van der Waals surface area contributed by atoms with Crippen molar-refractivity contribution in [3.8, 4) is 11.3 Å². The first-order valence-corrected chi connectivity index (χ1v) is 13.7. The van der Waals surface area contributed by atoms with Gasteiger partial charge < -0.3 is 4.74 Å². The van der Waals surface area contributed by atoms with Gasteiger partial charge in [0.15, 0.2) is 12.4 Å². The fourth-order valence-corrected chi connectivity index (χ4v) is 5.61. The van der Waals surface area contributed by atoms with E-state index in [1.54, 1.807) is 42.5 Å². The quantitative estimate of drug-likeness (QED) is 0.0692. The number of amides is 2. The fraction of sp³-hybridized carbons (Fsp3) is 0.182. The van der Waals surface area contributed by atoms with Crippen LogP contribution in [0.15, 0.2) is 84.9 Å². The maximum atomic E-state index is 13.3. The maximum absolute atomic E-state index is 13.3. The Morgan fingerprint density at radius 1 is 0.953 bits per heavy atom. The summed E-state index contributed by atoms with van der Waals surface area (Å²) in [5, 5.41) is 11.4. The molecule has 1 aromatic heterocycles. The van der Waals surface area contributed by atoms with Crippen molar-refractivity contribution in [1.82, 2.24) is 4.98 Å². The maximum Gasteiger partial charge on any atom is 0.339 e. The Labute approximate surface area is 245 Å². The Morgan fingerprint density at radius 3 is 2.23 bits per heavy atom. The van der Waals surface area contributed by atoms with Gasteiger partial charge in [-0.1, -0.05) is 42.5 Å². The molecular formula is C33H25N3O7. The molecule has 2 heterocycles. The van der Waals surface area contributed by atoms with Crippen LogP contribution >= 0.6 is 0 Å². The second-order valence-electron chi connectivity index (χ2n) is 10.5. The number of carbonyl (C=O) groups excluding carboxylic acids is 4. The molecule has 214 valence electrons. The van der Waals surface area contributed by atoms with E-state index in [0.29, 0.717) is 40.7 Å². The number of imide groups is 1. The molecule has 0 bridgehead atoms. The van der Waals surface area contributed by atoms with Crippen molar-refractivity contribution in [1.29, 1.82) is 0 Å². The van der Waals surface area contributed by atoms with E-state index < -0.39 is 23.3 Å². The average molecular weight is 576 g/mol. The lowest BCUT2D eigenvalue weighted by Crippen LogP contribution is -2.30. The van der Waals surface area contributed by atoms with Gasteiger partial charge in [-0.3, -0.25) is 29.4 Å². The van der Waals surface area contributed by atoms with Crippen molar-refractivity contribution in [2.24, 2.45) is 11.8 Å². The standard InChI is InChI=1S/C33H25N3O7/c1-19-5-4-8-24-27(33(40)43-18-29(37)21-11-15-23(16-12-21)36(41)42)17-28(34-30(19)24)20-9-13-22(14-10-20)35-31(38)25-6-2-3-7-26(25)32(35)39/h2-5,8-17,25-26H,6-7,18H2,1H3. The Balaban J connectivity index is 1.26. The second kappa shape index (κ2) is 11.1. The molecule has 6 rings (SSSR count). The van der Waals surface area contributed by atoms with Gasteiger partial charge in [0.1, 0.15) is 0 Å². The number of aryl methyl sites for hydroxylation is 1. The summed E-state index contributed by atoms with van der Waals surface area (Å²) >= 11 is 0. The highest BCUT2D eigenvalue weighted by Gasteiger charge is 2.47. The molecular weight excluding hydrogens is 550 g/mol. The van der Waals surface area contributed by atoms with Crippen molar-refractivity contribution in [3.63, 3.8) is 0 Å². The highest BCUT2D eigenvalue weighted by atomic mass is 16.6. The number of benzene rings is 3. The van der Waals surface area contributed by atoms with Gasteiger partial charge in [0, 0.05) is 28.6 Å². The number of fused-ring (bicyclic) bond motifs is 2. The predicted octanol–water partition coefficient (Wildman–Crippen LogP) is 5.61. The number of pyridine rings is 1. The minimum atomic E-state index is -0.726. The van der Waals surface area contributed by atoms with E-state index in [4.69, 9.17) is 9.72 Å². The van der Waals surface area contributed by atoms with Crippen LogP contribution in [0.3, 0.4) is 0 Å². The zero-order chi connectivity index (χ0) is 30.2. The minimum Gasteiger partial charge on any atom is -0.454 e. The molecule has 1 saturated heterocycles. The number of carbonyl (C=O) groups is 4. The van der Waals surface area contributed by atoms with E-state index >= 15 is 0 Å². The summed E-state index contributed by atoms with van der Waals surface area (Å²) in [7, 11) is 0. The van der Waals surface area contributed by atoms with Gasteiger partial charge in [-0.2, -0.15) is 0 Å². The molecule has 0 radical (unpaired) electrons.